The van der Waals surface area contributed by atoms with Crippen LogP contribution in [0.25, 0.3) is 11.4 Å². The fraction of sp³-hybridized carbons (Fsp3) is 0.345. The molecule has 2 aromatic heterocycles. The number of hydrogen-bond donors (Lipinski definition) is 1. The molecule has 4 aromatic rings. The maximum atomic E-state index is 14.0. The highest BCUT2D eigenvalue weighted by molar-refractivity contribution is 7.10. The van der Waals surface area contributed by atoms with E-state index in [2.05, 4.69) is 20.7 Å². The number of methoxy groups -OCH3 is 1. The Morgan fingerprint density at radius 3 is 2.58 bits per heavy atom. The van der Waals surface area contributed by atoms with Crippen LogP contribution < -0.4 is 10.1 Å². The van der Waals surface area contributed by atoms with Crippen molar-refractivity contribution in [3.63, 3.8) is 0 Å². The van der Waals surface area contributed by atoms with Crippen LogP contribution in [-0.2, 0) is 22.7 Å². The van der Waals surface area contributed by atoms with Gasteiger partial charge in [0.05, 0.1) is 7.11 Å². The molecular formula is C29H31ClN6O3S. The van der Waals surface area contributed by atoms with Crippen molar-refractivity contribution in [2.24, 2.45) is 0 Å². The van der Waals surface area contributed by atoms with E-state index in [0.717, 1.165) is 41.7 Å². The van der Waals surface area contributed by atoms with Crippen molar-refractivity contribution in [1.82, 2.24) is 30.4 Å². The lowest BCUT2D eigenvalue weighted by atomic mass is 9.95. The Morgan fingerprint density at radius 1 is 1.10 bits per heavy atom. The fourth-order valence-electron chi connectivity index (χ4n) is 4.91. The van der Waals surface area contributed by atoms with Crippen LogP contribution in [0.5, 0.6) is 5.75 Å². The third kappa shape index (κ3) is 6.68. The third-order valence-corrected chi connectivity index (χ3v) is 8.31. The Morgan fingerprint density at radius 2 is 1.88 bits per heavy atom. The van der Waals surface area contributed by atoms with Crippen molar-refractivity contribution in [2.45, 2.75) is 57.3 Å². The van der Waals surface area contributed by atoms with Crippen molar-refractivity contribution in [3.8, 4) is 17.1 Å². The standard InChI is InChI=1S/C29H31ClN6O3S/c1-39-23-15-13-20(14-16-23)28-32-34-36(33-28)19-26(37)35(18-21-8-5-6-11-24(21)30)27(25-12-7-17-40-25)29(38)31-22-9-3-2-4-10-22/h5-8,11-17,22,27H,2-4,9-10,18-19H2,1H3,(H,31,38). The maximum absolute atomic E-state index is 14.0. The summed E-state index contributed by atoms with van der Waals surface area (Å²) in [5, 5.41) is 18.3. The summed E-state index contributed by atoms with van der Waals surface area (Å²) < 4.78 is 5.21. The summed E-state index contributed by atoms with van der Waals surface area (Å²) in [6.45, 7) is -0.0363. The van der Waals surface area contributed by atoms with E-state index in [9.17, 15) is 9.59 Å². The minimum absolute atomic E-state index is 0.102. The van der Waals surface area contributed by atoms with E-state index in [0.29, 0.717) is 16.6 Å². The second-order valence-corrected chi connectivity index (χ2v) is 11.1. The SMILES string of the molecule is COc1ccc(-c2nnn(CC(=O)N(Cc3ccccc3Cl)C(C(=O)NC3CCCCC3)c3cccs3)n2)cc1. The van der Waals surface area contributed by atoms with Crippen molar-refractivity contribution in [2.75, 3.05) is 7.11 Å². The topological polar surface area (TPSA) is 102 Å². The first-order chi connectivity index (χ1) is 19.5. The molecule has 1 aliphatic carbocycles. The quantitative estimate of drug-likeness (QED) is 0.275. The summed E-state index contributed by atoms with van der Waals surface area (Å²) in [5.41, 5.74) is 1.49. The number of aromatic nitrogens is 4. The Labute approximate surface area is 242 Å². The van der Waals surface area contributed by atoms with Crippen LogP contribution in [0.2, 0.25) is 5.02 Å². The summed E-state index contributed by atoms with van der Waals surface area (Å²) in [4.78, 5) is 31.4. The normalized spacial score (nSPS) is 14.4. The number of thiophene rings is 1. The van der Waals surface area contributed by atoms with E-state index < -0.39 is 6.04 Å². The number of tetrazole rings is 1. The Kier molecular flexibility index (Phi) is 9.08. The van der Waals surface area contributed by atoms with Crippen LogP contribution in [0.4, 0.5) is 0 Å². The Balaban J connectivity index is 1.43. The molecule has 0 spiro atoms. The molecule has 0 bridgehead atoms. The zero-order valence-electron chi connectivity index (χ0n) is 22.2. The van der Waals surface area contributed by atoms with E-state index in [1.54, 1.807) is 18.1 Å². The zero-order chi connectivity index (χ0) is 27.9. The van der Waals surface area contributed by atoms with E-state index in [-0.39, 0.29) is 30.9 Å². The maximum Gasteiger partial charge on any atom is 0.248 e. The highest BCUT2D eigenvalue weighted by atomic mass is 35.5. The molecule has 5 rings (SSSR count). The first kappa shape index (κ1) is 27.8. The molecule has 0 aliphatic heterocycles. The van der Waals surface area contributed by atoms with Crippen LogP contribution >= 0.6 is 22.9 Å². The van der Waals surface area contributed by atoms with Gasteiger partial charge in [-0.05, 0) is 65.4 Å². The van der Waals surface area contributed by atoms with Gasteiger partial charge in [-0.1, -0.05) is 55.1 Å². The highest BCUT2D eigenvalue weighted by Gasteiger charge is 2.34. The molecule has 2 aromatic carbocycles. The lowest BCUT2D eigenvalue weighted by molar-refractivity contribution is -0.142. The lowest BCUT2D eigenvalue weighted by Crippen LogP contribution is -2.47. The summed E-state index contributed by atoms with van der Waals surface area (Å²) in [7, 11) is 1.60. The number of hydrogen-bond acceptors (Lipinski definition) is 7. The summed E-state index contributed by atoms with van der Waals surface area (Å²) in [6, 6.07) is 17.7. The molecule has 1 unspecified atom stereocenters. The van der Waals surface area contributed by atoms with Crippen LogP contribution in [0.15, 0.2) is 66.0 Å². The minimum Gasteiger partial charge on any atom is -0.497 e. The summed E-state index contributed by atoms with van der Waals surface area (Å²) in [5.74, 6) is 0.585. The smallest absolute Gasteiger partial charge is 0.248 e. The van der Waals surface area contributed by atoms with E-state index >= 15 is 0 Å². The summed E-state index contributed by atoms with van der Waals surface area (Å²) in [6.07, 6.45) is 5.24. The van der Waals surface area contributed by atoms with Gasteiger partial charge in [-0.3, -0.25) is 9.59 Å². The Hall–Kier alpha value is -3.76. The van der Waals surface area contributed by atoms with Gasteiger partial charge >= 0.3 is 0 Å². The van der Waals surface area contributed by atoms with Crippen LogP contribution in [0.3, 0.4) is 0 Å². The minimum atomic E-state index is -0.824. The van der Waals surface area contributed by atoms with Crippen molar-refractivity contribution in [1.29, 1.82) is 0 Å². The molecule has 40 heavy (non-hydrogen) atoms. The number of nitrogens with zero attached hydrogens (tertiary/aromatic N) is 5. The molecule has 1 atom stereocenters. The van der Waals surface area contributed by atoms with Crippen LogP contribution in [0, 0.1) is 0 Å². The van der Waals surface area contributed by atoms with Crippen molar-refractivity contribution >= 4 is 34.8 Å². The van der Waals surface area contributed by atoms with E-state index in [1.165, 1.54) is 22.6 Å². The molecule has 11 heteroatoms. The largest absolute Gasteiger partial charge is 0.497 e. The van der Waals surface area contributed by atoms with Crippen molar-refractivity contribution in [3.05, 3.63) is 81.5 Å². The van der Waals surface area contributed by atoms with Crippen LogP contribution in [0.1, 0.15) is 48.6 Å². The number of amides is 2. The number of benzene rings is 2. The van der Waals surface area contributed by atoms with Gasteiger partial charge in [0.2, 0.25) is 17.6 Å². The highest BCUT2D eigenvalue weighted by Crippen LogP contribution is 2.30. The zero-order valence-corrected chi connectivity index (χ0v) is 23.8. The van der Waals surface area contributed by atoms with Gasteiger partial charge < -0.3 is 15.0 Å². The van der Waals surface area contributed by atoms with Gasteiger partial charge in [0.15, 0.2) is 0 Å². The van der Waals surface area contributed by atoms with Gasteiger partial charge in [-0.25, -0.2) is 0 Å². The number of rotatable bonds is 10. The molecule has 1 aliphatic rings. The third-order valence-electron chi connectivity index (χ3n) is 7.02. The van der Waals surface area contributed by atoms with E-state index in [4.69, 9.17) is 16.3 Å². The molecule has 1 saturated carbocycles. The number of carbonyl (C=O) groups is 2. The van der Waals surface area contributed by atoms with E-state index in [1.807, 2.05) is 60.0 Å². The summed E-state index contributed by atoms with van der Waals surface area (Å²) >= 11 is 7.95. The number of carbonyl (C=O) groups excluding carboxylic acids is 2. The molecule has 0 radical (unpaired) electrons. The van der Waals surface area contributed by atoms with Gasteiger partial charge in [0.1, 0.15) is 18.3 Å². The fourth-order valence-corrected chi connectivity index (χ4v) is 5.94. The first-order valence-corrected chi connectivity index (χ1v) is 14.6. The number of ether oxygens (including phenoxy) is 1. The second-order valence-electron chi connectivity index (χ2n) is 9.75. The Bertz CT molecular complexity index is 1420. The molecule has 1 fully saturated rings. The molecule has 1 N–H and O–H groups in total. The molecule has 2 amide bonds. The monoisotopic (exact) mass is 578 g/mol. The van der Waals surface area contributed by atoms with Gasteiger partial charge in [-0.15, -0.1) is 21.5 Å². The van der Waals surface area contributed by atoms with Gasteiger partial charge in [-0.2, -0.15) is 4.80 Å². The molecule has 2 heterocycles. The second kappa shape index (κ2) is 13.1. The molecule has 208 valence electrons. The predicted octanol–water partition coefficient (Wildman–Crippen LogP) is 5.28. The molecular weight excluding hydrogens is 548 g/mol. The van der Waals surface area contributed by atoms with Gasteiger partial charge in [0.25, 0.3) is 0 Å². The first-order valence-electron chi connectivity index (χ1n) is 13.3. The molecule has 9 nitrogen and oxygen atoms in total. The number of nitrogens with one attached hydrogen (secondary N) is 1. The predicted molar refractivity (Wildman–Crippen MR) is 154 cm³/mol. The number of halogens is 1. The van der Waals surface area contributed by atoms with Gasteiger partial charge in [0, 0.05) is 28.0 Å². The average Bonchev–Trinajstić information content (AvgIpc) is 3.67. The van der Waals surface area contributed by atoms with Crippen molar-refractivity contribution < 1.29 is 14.3 Å². The lowest BCUT2D eigenvalue weighted by Gasteiger charge is -2.32. The average molecular weight is 579 g/mol. The van der Waals surface area contributed by atoms with Crippen LogP contribution in [-0.4, -0.2) is 50.1 Å². The molecule has 0 saturated heterocycles.